The van der Waals surface area contributed by atoms with E-state index in [2.05, 4.69) is 24.5 Å². The smallest absolute Gasteiger partial charge is 0.0601 e. The molecule has 3 aliphatic heterocycles. The molecule has 0 aromatic carbocycles. The zero-order valence-corrected chi connectivity index (χ0v) is 11.1. The summed E-state index contributed by atoms with van der Waals surface area (Å²) in [4.78, 5) is 0. The third kappa shape index (κ3) is 1.94. The fourth-order valence-corrected chi connectivity index (χ4v) is 5.01. The lowest BCUT2D eigenvalue weighted by atomic mass is 9.76. The van der Waals surface area contributed by atoms with E-state index in [1.54, 1.807) is 0 Å². The zero-order chi connectivity index (χ0) is 11.1. The monoisotopic (exact) mass is 239 g/mol. The maximum Gasteiger partial charge on any atom is 0.0601 e. The van der Waals surface area contributed by atoms with E-state index in [-0.39, 0.29) is 0 Å². The second kappa shape index (κ2) is 4.36. The van der Waals surface area contributed by atoms with Crippen LogP contribution in [0.5, 0.6) is 0 Å². The van der Waals surface area contributed by atoms with Crippen LogP contribution in [0.3, 0.4) is 0 Å². The number of piperidine rings is 2. The first kappa shape index (κ1) is 11.1. The van der Waals surface area contributed by atoms with E-state index in [4.69, 9.17) is 4.74 Å². The molecular formula is C12H22N3P. The van der Waals surface area contributed by atoms with Gasteiger partial charge in [0.1, 0.15) is 0 Å². The Kier molecular flexibility index (Phi) is 3.03. The van der Waals surface area contributed by atoms with Crippen LogP contribution in [0.1, 0.15) is 26.7 Å². The molecule has 6 unspecified atom stereocenters. The van der Waals surface area contributed by atoms with Crippen LogP contribution in [0.25, 0.3) is 0 Å². The molecule has 3 nitrogen and oxygen atoms in total. The normalized spacial score (nSPS) is 52.9. The number of fused-ring (bicyclic) bond motifs is 3. The molecule has 0 spiro atoms. The van der Waals surface area contributed by atoms with Crippen LogP contribution in [0.4, 0.5) is 0 Å². The van der Waals surface area contributed by atoms with Gasteiger partial charge in [0.2, 0.25) is 0 Å². The van der Waals surface area contributed by atoms with E-state index < -0.39 is 0 Å². The number of rotatable bonds is 0. The van der Waals surface area contributed by atoms with Crippen molar-refractivity contribution in [2.24, 2.45) is 16.6 Å². The summed E-state index contributed by atoms with van der Waals surface area (Å²) in [6, 6.07) is 1.98. The van der Waals surface area contributed by atoms with E-state index in [1.165, 1.54) is 34.3 Å². The molecule has 0 aliphatic carbocycles. The molecule has 3 heterocycles. The SMILES string of the molecule is CC1CC2N=PC3CC(C)NCC3C2CN1. The Morgan fingerprint density at radius 1 is 1.00 bits per heavy atom. The molecule has 6 atom stereocenters. The van der Waals surface area contributed by atoms with E-state index in [0.717, 1.165) is 17.5 Å². The first-order valence-electron chi connectivity index (χ1n) is 6.61. The quantitative estimate of drug-likeness (QED) is 0.633. The summed E-state index contributed by atoms with van der Waals surface area (Å²) in [5.74, 6) is 1.66. The van der Waals surface area contributed by atoms with Crippen molar-refractivity contribution in [3.63, 3.8) is 0 Å². The highest BCUT2D eigenvalue weighted by Gasteiger charge is 2.42. The number of hydrogen-bond acceptors (Lipinski definition) is 3. The van der Waals surface area contributed by atoms with Crippen molar-refractivity contribution in [3.05, 3.63) is 0 Å². The van der Waals surface area contributed by atoms with Gasteiger partial charge in [-0.15, -0.1) is 0 Å². The molecule has 3 aliphatic rings. The zero-order valence-electron chi connectivity index (χ0n) is 10.2. The Hall–Kier alpha value is 0.0200. The highest BCUT2D eigenvalue weighted by molar-refractivity contribution is 7.27. The van der Waals surface area contributed by atoms with Crippen LogP contribution in [0.15, 0.2) is 4.74 Å². The Balaban J connectivity index is 1.78. The van der Waals surface area contributed by atoms with E-state index >= 15 is 0 Å². The minimum absolute atomic E-state index is 0.634. The van der Waals surface area contributed by atoms with E-state index in [1.807, 2.05) is 0 Å². The third-order valence-electron chi connectivity index (χ3n) is 4.50. The van der Waals surface area contributed by atoms with Crippen LogP contribution < -0.4 is 10.6 Å². The number of nitrogens with zero attached hydrogens (tertiary/aromatic N) is 1. The maximum atomic E-state index is 4.93. The van der Waals surface area contributed by atoms with Gasteiger partial charge in [0.15, 0.2) is 0 Å². The first-order chi connectivity index (χ1) is 7.74. The van der Waals surface area contributed by atoms with Crippen molar-refractivity contribution in [2.75, 3.05) is 13.1 Å². The maximum absolute atomic E-state index is 4.93. The predicted octanol–water partition coefficient (Wildman–Crippen LogP) is 1.86. The average molecular weight is 239 g/mol. The van der Waals surface area contributed by atoms with Gasteiger partial charge in [0, 0.05) is 32.7 Å². The molecule has 16 heavy (non-hydrogen) atoms. The molecule has 0 saturated carbocycles. The predicted molar refractivity (Wildman–Crippen MR) is 68.1 cm³/mol. The van der Waals surface area contributed by atoms with Crippen molar-refractivity contribution in [2.45, 2.75) is 50.5 Å². The standard InChI is InChI=1S/C12H22N3P/c1-7-3-11-9(5-13-7)10-6-14-8(2)4-12(10)16-15-11/h7-14H,3-6H2,1-2H3. The van der Waals surface area contributed by atoms with E-state index in [9.17, 15) is 0 Å². The van der Waals surface area contributed by atoms with Crippen LogP contribution in [-0.2, 0) is 0 Å². The summed E-state index contributed by atoms with van der Waals surface area (Å²) in [7, 11) is 1.38. The van der Waals surface area contributed by atoms with Gasteiger partial charge in [0.05, 0.1) is 6.04 Å². The van der Waals surface area contributed by atoms with Crippen LogP contribution in [0.2, 0.25) is 0 Å². The van der Waals surface area contributed by atoms with Gasteiger partial charge in [-0.3, -0.25) is 4.74 Å². The van der Waals surface area contributed by atoms with Crippen molar-refractivity contribution in [3.8, 4) is 0 Å². The van der Waals surface area contributed by atoms with E-state index in [0.29, 0.717) is 18.1 Å². The molecule has 3 rings (SSSR count). The second-order valence-electron chi connectivity index (χ2n) is 5.78. The molecule has 2 N–H and O–H groups in total. The van der Waals surface area contributed by atoms with Gasteiger partial charge in [0.25, 0.3) is 0 Å². The summed E-state index contributed by atoms with van der Waals surface area (Å²) in [5, 5.41) is 7.29. The molecule has 2 fully saturated rings. The highest BCUT2D eigenvalue weighted by Crippen LogP contribution is 2.42. The fraction of sp³-hybridized carbons (Fsp3) is 1.00. The summed E-state index contributed by atoms with van der Waals surface area (Å²) < 4.78 is 4.93. The molecule has 4 heteroatoms. The Bertz CT molecular complexity index is 266. The summed E-state index contributed by atoms with van der Waals surface area (Å²) in [6.07, 6.45) is 2.56. The van der Waals surface area contributed by atoms with Crippen molar-refractivity contribution in [1.82, 2.24) is 10.6 Å². The molecule has 0 amide bonds. The Morgan fingerprint density at radius 2 is 1.69 bits per heavy atom. The minimum Gasteiger partial charge on any atom is -0.314 e. The van der Waals surface area contributed by atoms with Crippen LogP contribution in [-0.4, -0.2) is 36.9 Å². The molecule has 0 aromatic rings. The average Bonchev–Trinajstić information content (AvgIpc) is 2.28. The molecule has 0 radical (unpaired) electrons. The number of hydrogen-bond donors (Lipinski definition) is 2. The van der Waals surface area contributed by atoms with Gasteiger partial charge in [-0.2, -0.15) is 0 Å². The Morgan fingerprint density at radius 3 is 2.50 bits per heavy atom. The second-order valence-corrected chi connectivity index (χ2v) is 6.91. The summed E-state index contributed by atoms with van der Waals surface area (Å²) in [6.45, 7) is 6.99. The molecule has 0 bridgehead atoms. The van der Waals surface area contributed by atoms with Crippen LogP contribution >= 0.6 is 8.37 Å². The van der Waals surface area contributed by atoms with Crippen molar-refractivity contribution in [1.29, 1.82) is 0 Å². The summed E-state index contributed by atoms with van der Waals surface area (Å²) in [5.41, 5.74) is 0.827. The Labute approximate surface area is 99.7 Å². The largest absolute Gasteiger partial charge is 0.314 e. The lowest BCUT2D eigenvalue weighted by Crippen LogP contribution is -2.55. The van der Waals surface area contributed by atoms with Crippen LogP contribution in [0, 0.1) is 11.8 Å². The van der Waals surface area contributed by atoms with Gasteiger partial charge < -0.3 is 10.6 Å². The van der Waals surface area contributed by atoms with Gasteiger partial charge in [-0.05, 0) is 45.1 Å². The van der Waals surface area contributed by atoms with Crippen molar-refractivity contribution >= 4 is 8.37 Å². The highest BCUT2D eigenvalue weighted by atomic mass is 31.1. The lowest BCUT2D eigenvalue weighted by molar-refractivity contribution is 0.163. The molecular weight excluding hydrogens is 217 g/mol. The lowest BCUT2D eigenvalue weighted by Gasteiger charge is -2.46. The first-order valence-corrected chi connectivity index (χ1v) is 7.52. The third-order valence-corrected chi connectivity index (χ3v) is 5.82. The fourth-order valence-electron chi connectivity index (χ4n) is 3.50. The topological polar surface area (TPSA) is 36.4 Å². The van der Waals surface area contributed by atoms with Crippen molar-refractivity contribution < 1.29 is 0 Å². The van der Waals surface area contributed by atoms with Gasteiger partial charge in [-0.25, -0.2) is 0 Å². The molecule has 2 saturated heterocycles. The molecule has 90 valence electrons. The van der Waals surface area contributed by atoms with Gasteiger partial charge >= 0.3 is 0 Å². The molecule has 0 aromatic heterocycles. The number of nitrogens with one attached hydrogen (secondary N) is 2. The minimum atomic E-state index is 0.634. The van der Waals surface area contributed by atoms with Gasteiger partial charge in [-0.1, -0.05) is 0 Å². The summed E-state index contributed by atoms with van der Waals surface area (Å²) >= 11 is 0.